The number of fused-ring (bicyclic) bond motifs is 3. The molecule has 2 atom stereocenters. The maximum Gasteiger partial charge on any atom is 0.321 e. The summed E-state index contributed by atoms with van der Waals surface area (Å²) in [5.74, 6) is -1.00. The maximum absolute atomic E-state index is 13.2. The van der Waals surface area contributed by atoms with Crippen molar-refractivity contribution < 1.29 is 19.1 Å². The Hall–Kier alpha value is -4.13. The van der Waals surface area contributed by atoms with E-state index in [0.717, 1.165) is 22.2 Å². The van der Waals surface area contributed by atoms with Crippen LogP contribution in [0.1, 0.15) is 17.2 Å². The lowest BCUT2D eigenvalue weighted by Crippen LogP contribution is -2.43. The number of ether oxygens (including phenoxy) is 2. The molecule has 0 spiro atoms. The van der Waals surface area contributed by atoms with Crippen molar-refractivity contribution in [1.29, 1.82) is 0 Å². The quantitative estimate of drug-likeness (QED) is 0.385. The molecule has 0 bridgehead atoms. The summed E-state index contributed by atoms with van der Waals surface area (Å²) in [6.07, 6.45) is 0. The van der Waals surface area contributed by atoms with Gasteiger partial charge in [-0.3, -0.25) is 14.9 Å². The molecule has 1 aliphatic heterocycles. The highest BCUT2D eigenvalue weighted by molar-refractivity contribution is 6.07. The average molecular weight is 427 g/mol. The number of hydrogen-bond donors (Lipinski definition) is 1. The second-order valence-corrected chi connectivity index (χ2v) is 7.57. The molecule has 3 aromatic carbocycles. The zero-order valence-corrected chi connectivity index (χ0v) is 17.4. The Bertz CT molecular complexity index is 1280. The minimum Gasteiger partial charge on any atom is -0.497 e. The van der Waals surface area contributed by atoms with E-state index in [2.05, 4.69) is 10.3 Å². The molecule has 0 saturated carbocycles. The Morgan fingerprint density at radius 2 is 1.72 bits per heavy atom. The largest absolute Gasteiger partial charge is 0.497 e. The van der Waals surface area contributed by atoms with E-state index in [4.69, 9.17) is 9.47 Å². The number of carbonyl (C=O) groups excluding carboxylic acids is 2. The predicted molar refractivity (Wildman–Crippen MR) is 119 cm³/mol. The Balaban J connectivity index is 1.57. The Morgan fingerprint density at radius 1 is 1.00 bits per heavy atom. The minimum atomic E-state index is -1.07. The molecule has 1 amide bonds. The van der Waals surface area contributed by atoms with Gasteiger partial charge in [-0.15, -0.1) is 0 Å². The van der Waals surface area contributed by atoms with Crippen LogP contribution in [-0.2, 0) is 20.9 Å². The van der Waals surface area contributed by atoms with Crippen molar-refractivity contribution in [2.75, 3.05) is 12.4 Å². The van der Waals surface area contributed by atoms with Gasteiger partial charge in [-0.1, -0.05) is 54.6 Å². The Kier molecular flexibility index (Phi) is 5.07. The minimum absolute atomic E-state index is 0.0936. The van der Waals surface area contributed by atoms with Gasteiger partial charge in [0.05, 0.1) is 24.2 Å². The van der Waals surface area contributed by atoms with Crippen molar-refractivity contribution in [2.24, 2.45) is 5.92 Å². The van der Waals surface area contributed by atoms with Gasteiger partial charge in [0.2, 0.25) is 11.9 Å². The molecule has 0 saturated heterocycles. The van der Waals surface area contributed by atoms with Crippen molar-refractivity contribution >= 4 is 28.9 Å². The summed E-state index contributed by atoms with van der Waals surface area (Å²) < 4.78 is 12.8. The molecule has 0 radical (unpaired) electrons. The predicted octanol–water partition coefficient (Wildman–Crippen LogP) is 3.95. The molecule has 0 unspecified atom stereocenters. The van der Waals surface area contributed by atoms with Crippen LogP contribution in [0.5, 0.6) is 5.75 Å². The molecule has 4 aromatic rings. The van der Waals surface area contributed by atoms with E-state index in [-0.39, 0.29) is 6.61 Å². The van der Waals surface area contributed by atoms with Gasteiger partial charge in [-0.25, -0.2) is 4.98 Å². The lowest BCUT2D eigenvalue weighted by atomic mass is 9.90. The van der Waals surface area contributed by atoms with Gasteiger partial charge in [-0.05, 0) is 35.4 Å². The van der Waals surface area contributed by atoms with E-state index in [9.17, 15) is 9.59 Å². The molecule has 0 fully saturated rings. The molecular weight excluding hydrogens is 406 g/mol. The van der Waals surface area contributed by atoms with Crippen LogP contribution in [-0.4, -0.2) is 28.5 Å². The van der Waals surface area contributed by atoms with Gasteiger partial charge < -0.3 is 14.0 Å². The van der Waals surface area contributed by atoms with E-state index < -0.39 is 23.8 Å². The van der Waals surface area contributed by atoms with Gasteiger partial charge >= 0.3 is 5.97 Å². The lowest BCUT2D eigenvalue weighted by Gasteiger charge is -2.32. The molecular formula is C25H21N3O4. The van der Waals surface area contributed by atoms with Crippen LogP contribution in [0.25, 0.3) is 11.0 Å². The topological polar surface area (TPSA) is 82.4 Å². The zero-order valence-electron chi connectivity index (χ0n) is 17.4. The number of benzene rings is 3. The first kappa shape index (κ1) is 19.8. The first-order chi connectivity index (χ1) is 15.7. The highest BCUT2D eigenvalue weighted by atomic mass is 16.5. The number of anilines is 1. The average Bonchev–Trinajstić information content (AvgIpc) is 3.20. The monoisotopic (exact) mass is 427 g/mol. The SMILES string of the molecule is COc1ccc([C@H]2[C@H](C(=O)OCc3ccccc3)C(=O)Nc3nc4ccccc4n32)cc1. The van der Waals surface area contributed by atoms with E-state index in [1.54, 1.807) is 7.11 Å². The number of methoxy groups -OCH3 is 1. The van der Waals surface area contributed by atoms with Crippen molar-refractivity contribution in [3.8, 4) is 5.75 Å². The van der Waals surface area contributed by atoms with Gasteiger partial charge in [0.1, 0.15) is 12.4 Å². The number of nitrogens with zero attached hydrogens (tertiary/aromatic N) is 2. The molecule has 160 valence electrons. The number of amides is 1. The van der Waals surface area contributed by atoms with E-state index in [1.807, 2.05) is 83.4 Å². The van der Waals surface area contributed by atoms with Crippen LogP contribution in [0, 0.1) is 5.92 Å². The molecule has 1 aromatic heterocycles. The summed E-state index contributed by atoms with van der Waals surface area (Å²) in [7, 11) is 1.59. The van der Waals surface area contributed by atoms with E-state index >= 15 is 0 Å². The second-order valence-electron chi connectivity index (χ2n) is 7.57. The number of hydrogen-bond acceptors (Lipinski definition) is 5. The number of aromatic nitrogens is 2. The normalized spacial score (nSPS) is 17.5. The Morgan fingerprint density at radius 3 is 2.47 bits per heavy atom. The fourth-order valence-corrected chi connectivity index (χ4v) is 4.09. The highest BCUT2D eigenvalue weighted by Crippen LogP contribution is 2.39. The standard InChI is InChI=1S/C25H21N3O4/c1-31-18-13-11-17(12-14-18)22-21(24(30)32-15-16-7-3-2-4-8-16)23(29)27-25-26-19-9-5-6-10-20(19)28(22)25/h2-14,21-22H,15H2,1H3,(H,26,27,29)/t21-,22-/m0/s1. The molecule has 7 heteroatoms. The first-order valence-electron chi connectivity index (χ1n) is 10.3. The van der Waals surface area contributed by atoms with Crippen molar-refractivity contribution in [1.82, 2.24) is 9.55 Å². The van der Waals surface area contributed by atoms with Gasteiger partial charge in [0.25, 0.3) is 0 Å². The van der Waals surface area contributed by atoms with E-state index in [1.165, 1.54) is 0 Å². The molecule has 7 nitrogen and oxygen atoms in total. The summed E-state index contributed by atoms with van der Waals surface area (Å²) >= 11 is 0. The third-order valence-electron chi connectivity index (χ3n) is 5.64. The summed E-state index contributed by atoms with van der Waals surface area (Å²) in [5, 5.41) is 2.79. The second kappa shape index (κ2) is 8.19. The summed E-state index contributed by atoms with van der Waals surface area (Å²) in [5.41, 5.74) is 3.20. The van der Waals surface area contributed by atoms with Crippen molar-refractivity contribution in [3.63, 3.8) is 0 Å². The number of esters is 1. The van der Waals surface area contributed by atoms with E-state index in [0.29, 0.717) is 11.7 Å². The van der Waals surface area contributed by atoms with Crippen LogP contribution in [0.15, 0.2) is 78.9 Å². The third kappa shape index (κ3) is 3.47. The van der Waals surface area contributed by atoms with Crippen LogP contribution < -0.4 is 10.1 Å². The lowest BCUT2D eigenvalue weighted by molar-refractivity contribution is -0.154. The summed E-state index contributed by atoms with van der Waals surface area (Å²) in [6, 6.07) is 23.7. The van der Waals surface area contributed by atoms with Crippen molar-refractivity contribution in [3.05, 3.63) is 90.0 Å². The zero-order chi connectivity index (χ0) is 22.1. The summed E-state index contributed by atoms with van der Waals surface area (Å²) in [4.78, 5) is 30.9. The fraction of sp³-hybridized carbons (Fsp3) is 0.160. The molecule has 0 aliphatic carbocycles. The number of carbonyl (C=O) groups is 2. The van der Waals surface area contributed by atoms with Crippen LogP contribution in [0.3, 0.4) is 0 Å². The molecule has 5 rings (SSSR count). The van der Waals surface area contributed by atoms with Crippen molar-refractivity contribution in [2.45, 2.75) is 12.6 Å². The fourth-order valence-electron chi connectivity index (χ4n) is 4.09. The van der Waals surface area contributed by atoms with Gasteiger partial charge in [0, 0.05) is 0 Å². The maximum atomic E-state index is 13.2. The molecule has 1 aliphatic rings. The first-order valence-corrected chi connectivity index (χ1v) is 10.3. The highest BCUT2D eigenvalue weighted by Gasteiger charge is 2.44. The number of rotatable bonds is 5. The van der Waals surface area contributed by atoms with Crippen LogP contribution in [0.2, 0.25) is 0 Å². The van der Waals surface area contributed by atoms with Crippen LogP contribution >= 0.6 is 0 Å². The molecule has 2 heterocycles. The Labute approximate surface area is 184 Å². The molecule has 32 heavy (non-hydrogen) atoms. The number of imidazole rings is 1. The van der Waals surface area contributed by atoms with Crippen LogP contribution in [0.4, 0.5) is 5.95 Å². The third-order valence-corrected chi connectivity index (χ3v) is 5.64. The summed E-state index contributed by atoms with van der Waals surface area (Å²) in [6.45, 7) is 0.0936. The number of para-hydroxylation sites is 2. The molecule has 1 N–H and O–H groups in total. The smallest absolute Gasteiger partial charge is 0.321 e. The number of nitrogens with one attached hydrogen (secondary N) is 1. The van der Waals surface area contributed by atoms with Gasteiger partial charge in [-0.2, -0.15) is 0 Å². The van der Waals surface area contributed by atoms with Gasteiger partial charge in [0.15, 0.2) is 5.92 Å².